The van der Waals surface area contributed by atoms with Crippen molar-refractivity contribution >= 4 is 11.7 Å². The lowest BCUT2D eigenvalue weighted by Gasteiger charge is -2.22. The Labute approximate surface area is 111 Å². The van der Waals surface area contributed by atoms with Crippen LogP contribution in [0.25, 0.3) is 0 Å². The number of aliphatic hydroxyl groups excluding tert-OH is 1. The SMILES string of the molecule is N#Cc1cnn(CCO)c1NC(=O)C1CCCCN1. The second kappa shape index (κ2) is 6.31. The van der Waals surface area contributed by atoms with E-state index in [1.54, 1.807) is 0 Å². The molecule has 1 aromatic heterocycles. The summed E-state index contributed by atoms with van der Waals surface area (Å²) in [5.41, 5.74) is 0.303. The minimum atomic E-state index is -0.224. The first-order valence-electron chi connectivity index (χ1n) is 6.37. The Kier molecular flexibility index (Phi) is 4.49. The monoisotopic (exact) mass is 263 g/mol. The van der Waals surface area contributed by atoms with Crippen LogP contribution in [0.3, 0.4) is 0 Å². The number of amides is 1. The van der Waals surface area contributed by atoms with Crippen LogP contribution in [0.4, 0.5) is 5.82 Å². The van der Waals surface area contributed by atoms with Gasteiger partial charge in [-0.25, -0.2) is 4.68 Å². The Morgan fingerprint density at radius 1 is 1.68 bits per heavy atom. The summed E-state index contributed by atoms with van der Waals surface area (Å²) < 4.78 is 1.43. The standard InChI is InChI=1S/C12H17N5O2/c13-7-9-8-15-17(5-6-18)11(9)16-12(19)10-3-1-2-4-14-10/h8,10,14,18H,1-6H2,(H,16,19). The van der Waals surface area contributed by atoms with Crippen molar-refractivity contribution in [1.82, 2.24) is 15.1 Å². The molecule has 1 aliphatic rings. The summed E-state index contributed by atoms with van der Waals surface area (Å²) >= 11 is 0. The van der Waals surface area contributed by atoms with E-state index in [9.17, 15) is 4.79 Å². The summed E-state index contributed by atoms with van der Waals surface area (Å²) in [6, 6.07) is 1.76. The second-order valence-electron chi connectivity index (χ2n) is 4.46. The largest absolute Gasteiger partial charge is 0.394 e. The third-order valence-corrected chi connectivity index (χ3v) is 3.14. The smallest absolute Gasteiger partial charge is 0.242 e. The number of aromatic nitrogens is 2. The van der Waals surface area contributed by atoms with Gasteiger partial charge in [0.25, 0.3) is 0 Å². The third-order valence-electron chi connectivity index (χ3n) is 3.14. The van der Waals surface area contributed by atoms with Crippen molar-refractivity contribution in [3.63, 3.8) is 0 Å². The average molecular weight is 263 g/mol. The highest BCUT2D eigenvalue weighted by Gasteiger charge is 2.22. The van der Waals surface area contributed by atoms with Crippen molar-refractivity contribution in [2.45, 2.75) is 31.8 Å². The highest BCUT2D eigenvalue weighted by Crippen LogP contribution is 2.16. The number of nitrogens with zero attached hydrogens (tertiary/aromatic N) is 3. The molecule has 19 heavy (non-hydrogen) atoms. The van der Waals surface area contributed by atoms with Crippen LogP contribution in [0, 0.1) is 11.3 Å². The van der Waals surface area contributed by atoms with Gasteiger partial charge in [0.15, 0.2) is 0 Å². The number of hydrogen-bond acceptors (Lipinski definition) is 5. The van der Waals surface area contributed by atoms with Crippen LogP contribution in [0.1, 0.15) is 24.8 Å². The zero-order valence-electron chi connectivity index (χ0n) is 10.6. The van der Waals surface area contributed by atoms with Gasteiger partial charge in [0, 0.05) is 0 Å². The summed E-state index contributed by atoms with van der Waals surface area (Å²) in [6.45, 7) is 0.978. The molecule has 0 bridgehead atoms. The zero-order chi connectivity index (χ0) is 13.7. The van der Waals surface area contributed by atoms with E-state index >= 15 is 0 Å². The number of nitriles is 1. The molecule has 102 valence electrons. The van der Waals surface area contributed by atoms with Crippen molar-refractivity contribution in [3.8, 4) is 6.07 Å². The van der Waals surface area contributed by atoms with Gasteiger partial charge in [-0.15, -0.1) is 0 Å². The van der Waals surface area contributed by atoms with Gasteiger partial charge in [-0.05, 0) is 19.4 Å². The molecule has 0 saturated carbocycles. The molecule has 0 radical (unpaired) electrons. The lowest BCUT2D eigenvalue weighted by molar-refractivity contribution is -0.118. The fourth-order valence-electron chi connectivity index (χ4n) is 2.14. The molecular formula is C12H17N5O2. The van der Waals surface area contributed by atoms with E-state index < -0.39 is 0 Å². The Hall–Kier alpha value is -1.91. The second-order valence-corrected chi connectivity index (χ2v) is 4.46. The lowest BCUT2D eigenvalue weighted by Crippen LogP contribution is -2.43. The molecule has 0 aromatic carbocycles. The number of anilines is 1. The Bertz CT molecular complexity index is 485. The van der Waals surface area contributed by atoms with E-state index in [-0.39, 0.29) is 25.1 Å². The van der Waals surface area contributed by atoms with E-state index in [4.69, 9.17) is 10.4 Å². The fourth-order valence-corrected chi connectivity index (χ4v) is 2.14. The molecule has 3 N–H and O–H groups in total. The van der Waals surface area contributed by atoms with E-state index in [0.717, 1.165) is 25.8 Å². The summed E-state index contributed by atoms with van der Waals surface area (Å²) in [4.78, 5) is 12.1. The molecule has 2 rings (SSSR count). The lowest BCUT2D eigenvalue weighted by atomic mass is 10.0. The van der Waals surface area contributed by atoms with Crippen LogP contribution >= 0.6 is 0 Å². The van der Waals surface area contributed by atoms with Gasteiger partial charge < -0.3 is 15.7 Å². The Morgan fingerprint density at radius 2 is 2.53 bits per heavy atom. The molecule has 1 atom stereocenters. The van der Waals surface area contributed by atoms with Gasteiger partial charge in [0.05, 0.1) is 25.4 Å². The summed E-state index contributed by atoms with van der Waals surface area (Å²) in [7, 11) is 0. The van der Waals surface area contributed by atoms with Crippen LogP contribution in [-0.4, -0.2) is 40.0 Å². The number of hydrogen-bond donors (Lipinski definition) is 3. The highest BCUT2D eigenvalue weighted by molar-refractivity contribution is 5.95. The van der Waals surface area contributed by atoms with Crippen molar-refractivity contribution in [1.29, 1.82) is 5.26 Å². The number of piperidine rings is 1. The Balaban J connectivity index is 2.10. The maximum atomic E-state index is 12.1. The molecule has 1 fully saturated rings. The first kappa shape index (κ1) is 13.5. The van der Waals surface area contributed by atoms with Crippen LogP contribution in [0.5, 0.6) is 0 Å². The molecule has 2 heterocycles. The van der Waals surface area contributed by atoms with E-state index in [0.29, 0.717) is 11.4 Å². The van der Waals surface area contributed by atoms with Gasteiger partial charge in [-0.1, -0.05) is 6.42 Å². The van der Waals surface area contributed by atoms with Gasteiger partial charge in [0.2, 0.25) is 5.91 Å². The molecule has 1 saturated heterocycles. The van der Waals surface area contributed by atoms with Crippen molar-refractivity contribution < 1.29 is 9.90 Å². The first-order chi connectivity index (χ1) is 9.26. The van der Waals surface area contributed by atoms with Gasteiger partial charge in [0.1, 0.15) is 17.5 Å². The summed E-state index contributed by atoms with van der Waals surface area (Å²) in [5, 5.41) is 27.8. The third kappa shape index (κ3) is 3.10. The predicted octanol–water partition coefficient (Wildman–Crippen LogP) is -0.172. The van der Waals surface area contributed by atoms with E-state index in [1.807, 2.05) is 6.07 Å². The molecule has 7 nitrogen and oxygen atoms in total. The molecule has 1 amide bonds. The summed E-state index contributed by atoms with van der Waals surface area (Å²) in [5.74, 6) is 0.199. The van der Waals surface area contributed by atoms with Crippen molar-refractivity contribution in [3.05, 3.63) is 11.8 Å². The maximum absolute atomic E-state index is 12.1. The molecule has 0 aliphatic carbocycles. The Morgan fingerprint density at radius 3 is 3.16 bits per heavy atom. The van der Waals surface area contributed by atoms with Crippen LogP contribution in [0.2, 0.25) is 0 Å². The van der Waals surface area contributed by atoms with Crippen LogP contribution < -0.4 is 10.6 Å². The number of nitrogens with one attached hydrogen (secondary N) is 2. The van der Waals surface area contributed by atoms with Gasteiger partial charge in [-0.2, -0.15) is 10.4 Å². The quantitative estimate of drug-likeness (QED) is 0.699. The summed E-state index contributed by atoms with van der Waals surface area (Å²) in [6.07, 6.45) is 4.28. The fraction of sp³-hybridized carbons (Fsp3) is 0.583. The first-order valence-corrected chi connectivity index (χ1v) is 6.37. The van der Waals surface area contributed by atoms with Crippen molar-refractivity contribution in [2.24, 2.45) is 0 Å². The van der Waals surface area contributed by atoms with Crippen LogP contribution in [0.15, 0.2) is 6.20 Å². The normalized spacial score (nSPS) is 18.8. The van der Waals surface area contributed by atoms with E-state index in [2.05, 4.69) is 15.7 Å². The zero-order valence-corrected chi connectivity index (χ0v) is 10.6. The molecule has 1 aliphatic heterocycles. The average Bonchev–Trinajstić information content (AvgIpc) is 2.82. The number of aliphatic hydroxyl groups is 1. The number of carbonyl (C=O) groups is 1. The maximum Gasteiger partial charge on any atom is 0.242 e. The molecule has 1 aromatic rings. The number of rotatable bonds is 4. The molecule has 1 unspecified atom stereocenters. The number of carbonyl (C=O) groups excluding carboxylic acids is 1. The topological polar surface area (TPSA) is 103 Å². The van der Waals surface area contributed by atoms with E-state index in [1.165, 1.54) is 10.9 Å². The minimum absolute atomic E-state index is 0.100. The highest BCUT2D eigenvalue weighted by atomic mass is 16.3. The molecule has 0 spiro atoms. The van der Waals surface area contributed by atoms with Gasteiger partial charge in [-0.3, -0.25) is 4.79 Å². The van der Waals surface area contributed by atoms with Crippen molar-refractivity contribution in [2.75, 3.05) is 18.5 Å². The van der Waals surface area contributed by atoms with Crippen LogP contribution in [-0.2, 0) is 11.3 Å². The molecular weight excluding hydrogens is 246 g/mol. The predicted molar refractivity (Wildman–Crippen MR) is 68.3 cm³/mol. The van der Waals surface area contributed by atoms with Gasteiger partial charge >= 0.3 is 0 Å². The minimum Gasteiger partial charge on any atom is -0.394 e. The molecule has 7 heteroatoms.